The van der Waals surface area contributed by atoms with Gasteiger partial charge in [-0.2, -0.15) is 0 Å². The second-order valence-corrected chi connectivity index (χ2v) is 2.98. The normalized spacial score (nSPS) is 8.25. The molecule has 0 aliphatic rings. The number of carboxylic acid groups (broad SMARTS) is 1. The van der Waals surface area contributed by atoms with Crippen molar-refractivity contribution in [3.63, 3.8) is 0 Å². The van der Waals surface area contributed by atoms with Gasteiger partial charge in [-0.1, -0.05) is 18.2 Å². The van der Waals surface area contributed by atoms with Crippen LogP contribution in [0.3, 0.4) is 0 Å². The van der Waals surface area contributed by atoms with Gasteiger partial charge in [0.25, 0.3) is 0 Å². The molecule has 0 radical (unpaired) electrons. The summed E-state index contributed by atoms with van der Waals surface area (Å²) >= 11 is 0.660. The van der Waals surface area contributed by atoms with E-state index < -0.39 is 5.97 Å². The molecule has 0 aliphatic carbocycles. The van der Waals surface area contributed by atoms with E-state index in [0.717, 1.165) is 0 Å². The summed E-state index contributed by atoms with van der Waals surface area (Å²) in [4.78, 5) is 10.2. The average Bonchev–Trinajstić information content (AvgIpc) is 2.07. The summed E-state index contributed by atoms with van der Waals surface area (Å²) in [6.45, 7) is 0. The number of aromatic carboxylic acids is 1. The molecule has 0 saturated carbocycles. The summed E-state index contributed by atoms with van der Waals surface area (Å²) < 4.78 is 0.438. The van der Waals surface area contributed by atoms with E-state index in [1.807, 2.05) is 0 Å². The van der Waals surface area contributed by atoms with Gasteiger partial charge in [-0.25, -0.2) is 4.79 Å². The van der Waals surface area contributed by atoms with E-state index in [1.165, 1.54) is 0 Å². The molecule has 0 aromatic heterocycles. The number of aliphatic hydroxyl groups excluding tert-OH is 1. The third-order valence-corrected chi connectivity index (χ3v) is 1.02. The van der Waals surface area contributed by atoms with Crippen molar-refractivity contribution < 1.29 is 15.0 Å². The molecule has 1 rings (SSSR count). The van der Waals surface area contributed by atoms with Crippen LogP contribution >= 0.6 is 0 Å². The molecule has 1 aromatic carbocycles. The number of hydrogen-bond donors (Lipinski definition) is 2. The molecule has 0 amide bonds. The second kappa shape index (κ2) is 7.91. The molecular weight excluding hydrogens is 183 g/mol. The summed E-state index contributed by atoms with van der Waals surface area (Å²) in [5.74, 6) is -0.879. The first kappa shape index (κ1) is 12.3. The number of carbonyl (C=O) groups is 1. The van der Waals surface area contributed by atoms with Gasteiger partial charge in [0.1, 0.15) is 0 Å². The minimum absolute atomic E-state index is 0.331. The van der Waals surface area contributed by atoms with Crippen molar-refractivity contribution in [3.05, 3.63) is 35.9 Å². The van der Waals surface area contributed by atoms with Crippen molar-refractivity contribution in [3.8, 4) is 0 Å². The van der Waals surface area contributed by atoms with Gasteiger partial charge < -0.3 is 5.11 Å². The fraction of sp³-hybridized carbons (Fsp3) is 0.125. The first-order chi connectivity index (χ1) is 5.72. The quantitative estimate of drug-likeness (QED) is 0.637. The number of rotatable bonds is 1. The van der Waals surface area contributed by atoms with Crippen molar-refractivity contribution in [1.29, 1.82) is 0 Å². The molecule has 0 saturated heterocycles. The maximum absolute atomic E-state index is 10.2. The molecule has 0 unspecified atom stereocenters. The summed E-state index contributed by atoms with van der Waals surface area (Å²) in [6.07, 6.45) is 0. The molecule has 3 nitrogen and oxygen atoms in total. The first-order valence-electron chi connectivity index (χ1n) is 3.61. The Morgan fingerprint density at radius 1 is 1.33 bits per heavy atom. The van der Waals surface area contributed by atoms with Crippen molar-refractivity contribution in [2.75, 3.05) is 0.701 Å². The van der Waals surface area contributed by atoms with E-state index in [2.05, 4.69) is 0 Å². The molecule has 0 heterocycles. The molecule has 2 N–H and O–H groups in total. The molecule has 0 spiro atoms. The Kier molecular flexibility index (Phi) is 8.10. The summed E-state index contributed by atoms with van der Waals surface area (Å²) in [5.41, 5.74) is 0.331. The molecule has 0 fully saturated rings. The van der Waals surface area contributed by atoms with Gasteiger partial charge >= 0.3 is 60.7 Å². The average molecular weight is 192 g/mol. The van der Waals surface area contributed by atoms with Crippen molar-refractivity contribution >= 4 is 54.9 Å². The predicted molar refractivity (Wildman–Crippen MR) is 46.2 cm³/mol. The third kappa shape index (κ3) is 5.88. The first-order valence-corrected chi connectivity index (χ1v) is 5.82. The molecule has 1 aromatic rings. The number of carboxylic acids is 1. The molecule has 12 heavy (non-hydrogen) atoms. The molecule has 0 aliphatic heterocycles. The zero-order valence-electron chi connectivity index (χ0n) is 6.90. The Balaban J connectivity index is 0.000000354. The van der Waals surface area contributed by atoms with Crippen LogP contribution in [0.1, 0.15) is 10.4 Å². The van der Waals surface area contributed by atoms with Crippen LogP contribution < -0.4 is 0 Å². The van der Waals surface area contributed by atoms with Crippen LogP contribution in [0.5, 0.6) is 0 Å². The van der Waals surface area contributed by atoms with Gasteiger partial charge in [0, 0.05) is 0 Å². The molecular formula is C8H9KO3. The number of aliphatic hydroxyl groups is 1. The number of hydrogen-bond acceptors (Lipinski definition) is 2. The SMILES string of the molecule is O=C(O)c1ccccc1.O[CH2][K]. The number of benzene rings is 1. The topological polar surface area (TPSA) is 57.5 Å². The Labute approximate surface area is 105 Å². The van der Waals surface area contributed by atoms with Gasteiger partial charge in [-0.05, 0) is 12.1 Å². The standard InChI is InChI=1S/C7H6O2.CH3O.K/c8-7(9)6-4-2-1-3-5-6;1-2;/h1-5H,(H,8,9);2H,1H2;. The van der Waals surface area contributed by atoms with Crippen LogP contribution in [0.25, 0.3) is 0 Å². The third-order valence-electron chi connectivity index (χ3n) is 1.02. The van der Waals surface area contributed by atoms with Crippen LogP contribution in [0, 0.1) is 0 Å². The van der Waals surface area contributed by atoms with E-state index >= 15 is 0 Å². The van der Waals surface area contributed by atoms with Crippen LogP contribution in [0.2, 0.25) is 0 Å². The molecule has 0 atom stereocenters. The molecule has 60 valence electrons. The van der Waals surface area contributed by atoms with Gasteiger partial charge in [0.05, 0.1) is 5.56 Å². The Morgan fingerprint density at radius 3 is 2.00 bits per heavy atom. The van der Waals surface area contributed by atoms with Crippen molar-refractivity contribution in [2.45, 2.75) is 0 Å². The van der Waals surface area contributed by atoms with E-state index in [9.17, 15) is 4.79 Å². The van der Waals surface area contributed by atoms with Gasteiger partial charge in [0.2, 0.25) is 0 Å². The van der Waals surface area contributed by atoms with Crippen LogP contribution in [0.15, 0.2) is 30.3 Å². The predicted octanol–water partition coefficient (Wildman–Crippen LogP) is 0.489. The van der Waals surface area contributed by atoms with E-state index in [1.54, 1.807) is 30.3 Å². The van der Waals surface area contributed by atoms with Crippen molar-refractivity contribution in [2.24, 2.45) is 0 Å². The fourth-order valence-corrected chi connectivity index (χ4v) is 0.581. The fourth-order valence-electron chi connectivity index (χ4n) is 0.581. The van der Waals surface area contributed by atoms with E-state index in [0.29, 0.717) is 55.2 Å². The van der Waals surface area contributed by atoms with Crippen LogP contribution in [-0.4, -0.2) is 65.8 Å². The van der Waals surface area contributed by atoms with E-state index in [4.69, 9.17) is 10.2 Å². The summed E-state index contributed by atoms with van der Waals surface area (Å²) in [5, 5.41) is 16.0. The zero-order chi connectivity index (χ0) is 9.40. The van der Waals surface area contributed by atoms with Crippen LogP contribution in [-0.2, 0) is 0 Å². The summed E-state index contributed by atoms with van der Waals surface area (Å²) in [7, 11) is 0. The van der Waals surface area contributed by atoms with Gasteiger partial charge in [-0.15, -0.1) is 0 Å². The molecule has 0 bridgehead atoms. The monoisotopic (exact) mass is 192 g/mol. The van der Waals surface area contributed by atoms with Crippen molar-refractivity contribution in [1.82, 2.24) is 0 Å². The zero-order valence-corrected chi connectivity index (χ0v) is 10.0. The Hall–Kier alpha value is 0.286. The minimum atomic E-state index is -0.879. The van der Waals surface area contributed by atoms with Gasteiger partial charge in [0.15, 0.2) is 0 Å². The van der Waals surface area contributed by atoms with Gasteiger partial charge in [-0.3, -0.25) is 0 Å². The second-order valence-electron chi connectivity index (χ2n) is 1.99. The maximum atomic E-state index is 10.2. The van der Waals surface area contributed by atoms with E-state index in [-0.39, 0.29) is 0 Å². The van der Waals surface area contributed by atoms with Crippen LogP contribution in [0.4, 0.5) is 0 Å². The Bertz CT molecular complexity index is 223. The summed E-state index contributed by atoms with van der Waals surface area (Å²) in [6, 6.07) is 8.30. The molecule has 4 heteroatoms. The Morgan fingerprint density at radius 2 is 1.75 bits per heavy atom.